The molecule has 1 aliphatic rings. The zero-order chi connectivity index (χ0) is 7.23. The fraction of sp³-hybridized carbons (Fsp3) is 0.500. The Labute approximate surface area is 61.2 Å². The Morgan fingerprint density at radius 2 is 2.00 bits per heavy atom. The number of hydrogen-bond donors (Lipinski definition) is 0. The molecule has 2 heteroatoms. The van der Waals surface area contributed by atoms with Crippen molar-refractivity contribution in [3.8, 4) is 24.3 Å². The van der Waals surface area contributed by atoms with Crippen LogP contribution in [0.1, 0.15) is 0 Å². The first-order valence-electron chi connectivity index (χ1n) is 3.22. The first-order valence-corrected chi connectivity index (χ1v) is 3.22. The fourth-order valence-corrected chi connectivity index (χ4v) is 0.786. The lowest BCUT2D eigenvalue weighted by molar-refractivity contribution is 0.0638. The van der Waals surface area contributed by atoms with E-state index in [4.69, 9.17) is 11.2 Å². The van der Waals surface area contributed by atoms with E-state index in [1.165, 1.54) is 0 Å². The zero-order valence-electron chi connectivity index (χ0n) is 5.76. The van der Waals surface area contributed by atoms with Gasteiger partial charge in [0.05, 0.1) is 13.2 Å². The lowest BCUT2D eigenvalue weighted by Crippen LogP contribution is -2.32. The molecule has 0 aromatic heterocycles. The van der Waals surface area contributed by atoms with Gasteiger partial charge in [-0.3, -0.25) is 0 Å². The van der Waals surface area contributed by atoms with Gasteiger partial charge < -0.3 is 9.64 Å². The number of rotatable bonds is 0. The van der Waals surface area contributed by atoms with Crippen molar-refractivity contribution >= 4 is 0 Å². The maximum Gasteiger partial charge on any atom is 0.0649 e. The normalized spacial score (nSPS) is 16.9. The Morgan fingerprint density at radius 1 is 1.30 bits per heavy atom. The third-order valence-corrected chi connectivity index (χ3v) is 1.30. The molecule has 0 spiro atoms. The first-order chi connectivity index (χ1) is 4.93. The molecule has 0 saturated carbocycles. The summed E-state index contributed by atoms with van der Waals surface area (Å²) >= 11 is 0. The zero-order valence-corrected chi connectivity index (χ0v) is 5.76. The summed E-state index contributed by atoms with van der Waals surface area (Å²) in [5.74, 6) is 4.84. The van der Waals surface area contributed by atoms with E-state index < -0.39 is 0 Å². The van der Waals surface area contributed by atoms with Crippen molar-refractivity contribution in [2.24, 2.45) is 0 Å². The van der Waals surface area contributed by atoms with Gasteiger partial charge in [-0.05, 0) is 5.92 Å². The van der Waals surface area contributed by atoms with Crippen molar-refractivity contribution in [2.75, 3.05) is 26.3 Å². The highest BCUT2D eigenvalue weighted by Crippen LogP contribution is 1.92. The second-order valence-electron chi connectivity index (χ2n) is 1.98. The van der Waals surface area contributed by atoms with Crippen LogP contribution in [0.4, 0.5) is 0 Å². The standard InChI is InChI=1S/C8H9NO/c1-2-3-4-9-5-7-10-8-6-9/h1H,5-8H2. The molecule has 0 radical (unpaired) electrons. The number of terminal acetylenes is 1. The highest BCUT2D eigenvalue weighted by Gasteiger charge is 2.04. The van der Waals surface area contributed by atoms with E-state index in [-0.39, 0.29) is 0 Å². The van der Waals surface area contributed by atoms with Gasteiger partial charge in [0.25, 0.3) is 0 Å². The van der Waals surface area contributed by atoms with Crippen LogP contribution in [-0.4, -0.2) is 31.2 Å². The highest BCUT2D eigenvalue weighted by molar-refractivity contribution is 5.21. The van der Waals surface area contributed by atoms with E-state index in [9.17, 15) is 0 Å². The second kappa shape index (κ2) is 3.82. The molecule has 52 valence electrons. The number of ether oxygens (including phenoxy) is 1. The third kappa shape index (κ3) is 2.01. The molecular weight excluding hydrogens is 126 g/mol. The van der Waals surface area contributed by atoms with Crippen LogP contribution in [-0.2, 0) is 4.74 Å². The van der Waals surface area contributed by atoms with Gasteiger partial charge in [-0.25, -0.2) is 0 Å². The lowest BCUT2D eigenvalue weighted by Gasteiger charge is -2.22. The summed E-state index contributed by atoms with van der Waals surface area (Å²) in [4.78, 5) is 1.98. The van der Waals surface area contributed by atoms with Gasteiger partial charge in [0, 0.05) is 25.1 Å². The molecule has 1 rings (SSSR count). The van der Waals surface area contributed by atoms with Crippen molar-refractivity contribution in [3.05, 3.63) is 0 Å². The molecule has 1 fully saturated rings. The van der Waals surface area contributed by atoms with E-state index in [0.29, 0.717) is 0 Å². The third-order valence-electron chi connectivity index (χ3n) is 1.30. The van der Waals surface area contributed by atoms with Crippen molar-refractivity contribution in [1.29, 1.82) is 0 Å². The maximum atomic E-state index is 5.12. The monoisotopic (exact) mass is 135 g/mol. The summed E-state index contributed by atoms with van der Waals surface area (Å²) in [7, 11) is 0. The van der Waals surface area contributed by atoms with Crippen LogP contribution in [0.15, 0.2) is 0 Å². The molecule has 0 aliphatic carbocycles. The Balaban J connectivity index is 2.34. The predicted molar refractivity (Wildman–Crippen MR) is 39.0 cm³/mol. The minimum atomic E-state index is 0.763. The van der Waals surface area contributed by atoms with E-state index in [1.807, 2.05) is 4.90 Å². The van der Waals surface area contributed by atoms with Crippen molar-refractivity contribution in [3.63, 3.8) is 0 Å². The minimum Gasteiger partial charge on any atom is -0.378 e. The number of hydrogen-bond acceptors (Lipinski definition) is 2. The molecule has 0 atom stereocenters. The van der Waals surface area contributed by atoms with Gasteiger partial charge in [-0.15, -0.1) is 6.42 Å². The quantitative estimate of drug-likeness (QED) is 0.430. The molecule has 0 aromatic rings. The Kier molecular flexibility index (Phi) is 2.67. The molecule has 1 saturated heterocycles. The summed E-state index contributed by atoms with van der Waals surface area (Å²) in [6, 6.07) is 2.84. The summed E-state index contributed by atoms with van der Waals surface area (Å²) in [6.45, 7) is 3.27. The molecule has 0 amide bonds. The largest absolute Gasteiger partial charge is 0.378 e. The maximum absolute atomic E-state index is 5.12. The first kappa shape index (κ1) is 6.99. The molecular formula is C8H9NO. The van der Waals surface area contributed by atoms with Crippen LogP contribution < -0.4 is 0 Å². The van der Waals surface area contributed by atoms with Crippen LogP contribution >= 0.6 is 0 Å². The van der Waals surface area contributed by atoms with Gasteiger partial charge in [-0.1, -0.05) is 0 Å². The summed E-state index contributed by atoms with van der Waals surface area (Å²) in [6.07, 6.45) is 4.96. The molecule has 10 heavy (non-hydrogen) atoms. The fourth-order valence-electron chi connectivity index (χ4n) is 0.786. The van der Waals surface area contributed by atoms with Gasteiger partial charge >= 0.3 is 0 Å². The summed E-state index contributed by atoms with van der Waals surface area (Å²) in [5, 5.41) is 0. The van der Waals surface area contributed by atoms with Crippen LogP contribution in [0.2, 0.25) is 0 Å². The van der Waals surface area contributed by atoms with Gasteiger partial charge in [0.15, 0.2) is 0 Å². The Hall–Kier alpha value is -1.12. The van der Waals surface area contributed by atoms with Crippen molar-refractivity contribution in [2.45, 2.75) is 0 Å². The Morgan fingerprint density at radius 3 is 2.60 bits per heavy atom. The number of nitrogens with zero attached hydrogens (tertiary/aromatic N) is 1. The van der Waals surface area contributed by atoms with Crippen molar-refractivity contribution < 1.29 is 4.74 Å². The topological polar surface area (TPSA) is 12.5 Å². The van der Waals surface area contributed by atoms with E-state index >= 15 is 0 Å². The molecule has 0 aromatic carbocycles. The van der Waals surface area contributed by atoms with E-state index in [1.54, 1.807) is 0 Å². The summed E-state index contributed by atoms with van der Waals surface area (Å²) < 4.78 is 5.12. The van der Waals surface area contributed by atoms with Gasteiger partial charge in [-0.2, -0.15) is 0 Å². The molecule has 0 N–H and O–H groups in total. The SMILES string of the molecule is C#CC#CN1CCOCC1. The molecule has 0 bridgehead atoms. The Bertz CT molecular complexity index is 188. The lowest BCUT2D eigenvalue weighted by atomic mass is 10.4. The van der Waals surface area contributed by atoms with Gasteiger partial charge in [0.2, 0.25) is 0 Å². The minimum absolute atomic E-state index is 0.763. The smallest absolute Gasteiger partial charge is 0.0649 e. The van der Waals surface area contributed by atoms with Crippen molar-refractivity contribution in [1.82, 2.24) is 4.90 Å². The van der Waals surface area contributed by atoms with Crippen LogP contribution in [0.3, 0.4) is 0 Å². The molecule has 1 heterocycles. The average molecular weight is 135 g/mol. The van der Waals surface area contributed by atoms with Crippen LogP contribution in [0.25, 0.3) is 0 Å². The van der Waals surface area contributed by atoms with Crippen LogP contribution in [0.5, 0.6) is 0 Å². The number of morpholine rings is 1. The summed E-state index contributed by atoms with van der Waals surface area (Å²) in [5.41, 5.74) is 0. The molecule has 2 nitrogen and oxygen atoms in total. The predicted octanol–water partition coefficient (Wildman–Crippen LogP) is -0.0873. The van der Waals surface area contributed by atoms with E-state index in [2.05, 4.69) is 17.9 Å². The van der Waals surface area contributed by atoms with Gasteiger partial charge in [0.1, 0.15) is 0 Å². The highest BCUT2D eigenvalue weighted by atomic mass is 16.5. The molecule has 1 aliphatic heterocycles. The van der Waals surface area contributed by atoms with E-state index in [0.717, 1.165) is 26.3 Å². The molecule has 0 unspecified atom stereocenters. The van der Waals surface area contributed by atoms with Crippen LogP contribution in [0, 0.1) is 24.3 Å². The average Bonchev–Trinajstić information content (AvgIpc) is 2.03. The second-order valence-corrected chi connectivity index (χ2v) is 1.98.